The molecule has 0 saturated heterocycles. The molecule has 1 atom stereocenters. The van der Waals surface area contributed by atoms with E-state index in [1.807, 2.05) is 67.6 Å². The van der Waals surface area contributed by atoms with E-state index in [0.717, 1.165) is 11.1 Å². The predicted molar refractivity (Wildman–Crippen MR) is 131 cm³/mol. The van der Waals surface area contributed by atoms with Crippen LogP contribution in [0.4, 0.5) is 10.5 Å². The number of carbonyl (C=O) groups excluding carboxylic acids is 1. The summed E-state index contributed by atoms with van der Waals surface area (Å²) in [7, 11) is 1.59. The third-order valence-corrected chi connectivity index (χ3v) is 5.94. The van der Waals surface area contributed by atoms with Gasteiger partial charge in [-0.1, -0.05) is 53.2 Å². The van der Waals surface area contributed by atoms with E-state index in [-0.39, 0.29) is 6.03 Å². The lowest BCUT2D eigenvalue weighted by molar-refractivity contribution is 0.244. The van der Waals surface area contributed by atoms with Gasteiger partial charge in [-0.2, -0.15) is 4.98 Å². The Bertz CT molecular complexity index is 1370. The summed E-state index contributed by atoms with van der Waals surface area (Å²) in [6.07, 6.45) is 0. The number of allylic oxidation sites excluding steroid dienone is 1. The molecule has 3 aromatic carbocycles. The number of methoxy groups -OCH3 is 1. The van der Waals surface area contributed by atoms with Crippen molar-refractivity contribution in [3.8, 4) is 17.1 Å². The van der Waals surface area contributed by atoms with Crippen LogP contribution in [0.15, 0.2) is 89.1 Å². The number of nitrogens with one attached hydrogen (secondary N) is 1. The number of rotatable bonds is 5. The van der Waals surface area contributed by atoms with Crippen molar-refractivity contribution in [2.24, 2.45) is 0 Å². The maximum absolute atomic E-state index is 13.3. The second kappa shape index (κ2) is 9.03. The van der Waals surface area contributed by atoms with Gasteiger partial charge >= 0.3 is 6.03 Å². The van der Waals surface area contributed by atoms with Crippen molar-refractivity contribution in [2.45, 2.75) is 13.0 Å². The normalized spacial score (nSPS) is 15.9. The number of amides is 2. The number of carbonyl (C=O) groups is 1. The first-order valence-corrected chi connectivity index (χ1v) is 11.0. The number of anilines is 1. The van der Waals surface area contributed by atoms with Crippen molar-refractivity contribution >= 4 is 28.9 Å². The molecule has 0 fully saturated rings. The molecule has 7 nitrogen and oxygen atoms in total. The minimum atomic E-state index is -0.464. The molecule has 1 aliphatic rings. The molecular formula is C26H21ClN4O3. The van der Waals surface area contributed by atoms with Crippen LogP contribution in [0.1, 0.15) is 24.4 Å². The number of aromatic nitrogens is 2. The van der Waals surface area contributed by atoms with Gasteiger partial charge < -0.3 is 14.6 Å². The van der Waals surface area contributed by atoms with E-state index < -0.39 is 6.04 Å². The average molecular weight is 473 g/mol. The van der Waals surface area contributed by atoms with Crippen LogP contribution in [0.2, 0.25) is 5.02 Å². The van der Waals surface area contributed by atoms with Crippen molar-refractivity contribution in [1.82, 2.24) is 15.5 Å². The van der Waals surface area contributed by atoms with Gasteiger partial charge in [0.25, 0.3) is 5.89 Å². The summed E-state index contributed by atoms with van der Waals surface area (Å²) in [6.45, 7) is 1.87. The van der Waals surface area contributed by atoms with Gasteiger partial charge in [-0.05, 0) is 48.9 Å². The van der Waals surface area contributed by atoms with Crippen LogP contribution < -0.4 is 15.0 Å². The van der Waals surface area contributed by atoms with E-state index in [1.54, 1.807) is 30.2 Å². The van der Waals surface area contributed by atoms with Gasteiger partial charge in [-0.3, -0.25) is 4.90 Å². The zero-order chi connectivity index (χ0) is 23.7. The summed E-state index contributed by atoms with van der Waals surface area (Å²) < 4.78 is 11.1. The van der Waals surface area contributed by atoms with Crippen molar-refractivity contribution in [3.63, 3.8) is 0 Å². The lowest BCUT2D eigenvalue weighted by Crippen LogP contribution is -2.46. The van der Waals surface area contributed by atoms with Gasteiger partial charge in [0.05, 0.1) is 24.4 Å². The summed E-state index contributed by atoms with van der Waals surface area (Å²) in [5.74, 6) is 1.40. The maximum atomic E-state index is 13.3. The lowest BCUT2D eigenvalue weighted by atomic mass is 9.94. The van der Waals surface area contributed by atoms with Gasteiger partial charge in [-0.25, -0.2) is 4.79 Å². The smallest absolute Gasteiger partial charge is 0.327 e. The number of benzene rings is 3. The topological polar surface area (TPSA) is 80.5 Å². The number of urea groups is 1. The Balaban J connectivity index is 1.65. The molecule has 1 aliphatic heterocycles. The molecule has 34 heavy (non-hydrogen) atoms. The fourth-order valence-electron chi connectivity index (χ4n) is 4.03. The highest BCUT2D eigenvalue weighted by Gasteiger charge is 2.36. The molecule has 4 aromatic rings. The summed E-state index contributed by atoms with van der Waals surface area (Å²) >= 11 is 6.02. The van der Waals surface area contributed by atoms with Crippen LogP contribution in [-0.2, 0) is 0 Å². The standard InChI is InChI=1S/C26H21ClN4O3/c1-16-22(25-29-24(30-34-25)18-11-13-19(27)14-12-18)23(17-7-4-3-5-8-17)28-26(32)31(16)20-9-6-10-21(15-20)33-2/h3-15,23H,1-2H3,(H,28,32). The molecule has 0 saturated carbocycles. The Labute approximate surface area is 201 Å². The molecule has 8 heteroatoms. The Morgan fingerprint density at radius 1 is 1.03 bits per heavy atom. The molecule has 170 valence electrons. The third-order valence-electron chi connectivity index (χ3n) is 5.69. The van der Waals surface area contributed by atoms with Crippen LogP contribution in [0.25, 0.3) is 17.0 Å². The largest absolute Gasteiger partial charge is 0.497 e. The number of halogens is 1. The first kappa shape index (κ1) is 21.7. The first-order valence-electron chi connectivity index (χ1n) is 10.7. The zero-order valence-corrected chi connectivity index (χ0v) is 19.3. The first-order chi connectivity index (χ1) is 16.5. The molecule has 1 N–H and O–H groups in total. The summed E-state index contributed by atoms with van der Waals surface area (Å²) in [4.78, 5) is 19.5. The number of ether oxygens (including phenoxy) is 1. The highest BCUT2D eigenvalue weighted by atomic mass is 35.5. The molecule has 1 unspecified atom stereocenters. The SMILES string of the molecule is COc1cccc(N2C(=O)NC(c3ccccc3)C(c3nc(-c4ccc(Cl)cc4)no3)=C2C)c1. The van der Waals surface area contributed by atoms with Crippen LogP contribution in [-0.4, -0.2) is 23.3 Å². The second-order valence-electron chi connectivity index (χ2n) is 7.76. The zero-order valence-electron chi connectivity index (χ0n) is 18.5. The van der Waals surface area contributed by atoms with E-state index >= 15 is 0 Å². The van der Waals surface area contributed by atoms with E-state index in [0.29, 0.717) is 39.4 Å². The predicted octanol–water partition coefficient (Wildman–Crippen LogP) is 6.10. The Morgan fingerprint density at radius 2 is 1.79 bits per heavy atom. The molecule has 0 radical (unpaired) electrons. The number of nitrogens with zero attached hydrogens (tertiary/aromatic N) is 3. The minimum Gasteiger partial charge on any atom is -0.497 e. The molecular weight excluding hydrogens is 452 g/mol. The summed E-state index contributed by atoms with van der Waals surface area (Å²) in [5, 5.41) is 7.90. The maximum Gasteiger partial charge on any atom is 0.327 e. The van der Waals surface area contributed by atoms with E-state index in [1.165, 1.54) is 0 Å². The van der Waals surface area contributed by atoms with Crippen LogP contribution in [0.5, 0.6) is 5.75 Å². The molecule has 2 amide bonds. The van der Waals surface area contributed by atoms with Crippen molar-refractivity contribution in [1.29, 1.82) is 0 Å². The van der Waals surface area contributed by atoms with Crippen LogP contribution in [0.3, 0.4) is 0 Å². The van der Waals surface area contributed by atoms with Crippen LogP contribution >= 0.6 is 11.6 Å². The molecule has 5 rings (SSSR count). The monoisotopic (exact) mass is 472 g/mol. The molecule has 2 heterocycles. The van der Waals surface area contributed by atoms with Crippen LogP contribution in [0, 0.1) is 0 Å². The van der Waals surface area contributed by atoms with Gasteiger partial charge in [0.2, 0.25) is 5.82 Å². The van der Waals surface area contributed by atoms with Gasteiger partial charge in [-0.15, -0.1) is 0 Å². The fraction of sp³-hybridized carbons (Fsp3) is 0.115. The van der Waals surface area contributed by atoms with Gasteiger partial charge in [0, 0.05) is 22.3 Å². The second-order valence-corrected chi connectivity index (χ2v) is 8.20. The highest BCUT2D eigenvalue weighted by Crippen LogP contribution is 2.39. The Kier molecular flexibility index (Phi) is 5.77. The molecule has 0 spiro atoms. The quantitative estimate of drug-likeness (QED) is 0.379. The molecule has 0 aliphatic carbocycles. The van der Waals surface area contributed by atoms with E-state index in [2.05, 4.69) is 15.5 Å². The average Bonchev–Trinajstić information content (AvgIpc) is 3.34. The Morgan fingerprint density at radius 3 is 2.53 bits per heavy atom. The van der Waals surface area contributed by atoms with Crippen molar-refractivity contribution in [3.05, 3.63) is 101 Å². The van der Waals surface area contributed by atoms with Gasteiger partial charge in [0.1, 0.15) is 5.75 Å². The minimum absolute atomic E-state index is 0.263. The lowest BCUT2D eigenvalue weighted by Gasteiger charge is -2.35. The highest BCUT2D eigenvalue weighted by molar-refractivity contribution is 6.30. The molecule has 0 bridgehead atoms. The number of hydrogen-bond acceptors (Lipinski definition) is 5. The van der Waals surface area contributed by atoms with E-state index in [9.17, 15) is 4.79 Å². The van der Waals surface area contributed by atoms with Gasteiger partial charge in [0.15, 0.2) is 0 Å². The number of hydrogen-bond donors (Lipinski definition) is 1. The summed E-state index contributed by atoms with van der Waals surface area (Å²) in [6, 6.07) is 23.5. The van der Waals surface area contributed by atoms with Crippen molar-refractivity contribution in [2.75, 3.05) is 12.0 Å². The van der Waals surface area contributed by atoms with E-state index in [4.69, 9.17) is 20.9 Å². The Hall–Kier alpha value is -4.10. The fourth-order valence-corrected chi connectivity index (χ4v) is 4.15. The molecule has 1 aromatic heterocycles. The summed E-state index contributed by atoms with van der Waals surface area (Å²) in [5.41, 5.74) is 3.73. The third kappa shape index (κ3) is 4.02. The van der Waals surface area contributed by atoms with Crippen molar-refractivity contribution < 1.29 is 14.1 Å².